The molecule has 0 saturated carbocycles. The number of aryl methyl sites for hydroxylation is 1. The molecular formula is C23H26N2O4. The molecule has 1 amide bonds. The predicted molar refractivity (Wildman–Crippen MR) is 115 cm³/mol. The summed E-state index contributed by atoms with van der Waals surface area (Å²) in [6.45, 7) is 6.25. The Morgan fingerprint density at radius 2 is 1.93 bits per heavy atom. The molecule has 1 heterocycles. The van der Waals surface area contributed by atoms with Crippen molar-refractivity contribution in [2.75, 3.05) is 31.1 Å². The summed E-state index contributed by atoms with van der Waals surface area (Å²) in [6.07, 6.45) is 0.842. The first-order valence-electron chi connectivity index (χ1n) is 9.81. The van der Waals surface area contributed by atoms with Crippen LogP contribution in [-0.4, -0.2) is 32.1 Å². The lowest BCUT2D eigenvalue weighted by molar-refractivity contribution is -0.123. The Morgan fingerprint density at radius 1 is 1.14 bits per heavy atom. The summed E-state index contributed by atoms with van der Waals surface area (Å²) in [5.41, 5.74) is 2.08. The maximum absolute atomic E-state index is 12.0. The summed E-state index contributed by atoms with van der Waals surface area (Å²) in [7, 11) is 0. The van der Waals surface area contributed by atoms with Crippen molar-refractivity contribution >= 4 is 22.6 Å². The van der Waals surface area contributed by atoms with Crippen molar-refractivity contribution < 1.29 is 13.9 Å². The zero-order valence-electron chi connectivity index (χ0n) is 16.8. The van der Waals surface area contributed by atoms with Crippen LogP contribution in [0.5, 0.6) is 5.75 Å². The molecule has 0 fully saturated rings. The molecule has 0 saturated heterocycles. The third-order valence-electron chi connectivity index (χ3n) is 4.72. The van der Waals surface area contributed by atoms with E-state index in [9.17, 15) is 9.59 Å². The monoisotopic (exact) mass is 394 g/mol. The molecule has 0 aliphatic rings. The summed E-state index contributed by atoms with van der Waals surface area (Å²) >= 11 is 0. The van der Waals surface area contributed by atoms with E-state index in [1.54, 1.807) is 12.1 Å². The van der Waals surface area contributed by atoms with Gasteiger partial charge in [0.15, 0.2) is 6.61 Å². The second-order valence-electron chi connectivity index (χ2n) is 6.81. The van der Waals surface area contributed by atoms with E-state index in [0.717, 1.165) is 30.5 Å². The Labute approximate surface area is 170 Å². The van der Waals surface area contributed by atoms with Crippen LogP contribution in [0, 0.1) is 6.92 Å². The third-order valence-corrected chi connectivity index (χ3v) is 4.72. The van der Waals surface area contributed by atoms with Gasteiger partial charge in [0.25, 0.3) is 5.91 Å². The first-order chi connectivity index (χ1) is 14.1. The molecule has 3 rings (SSSR count). The number of benzene rings is 2. The second kappa shape index (κ2) is 9.78. The van der Waals surface area contributed by atoms with Crippen LogP contribution in [0.3, 0.4) is 0 Å². The predicted octanol–water partition coefficient (Wildman–Crippen LogP) is 3.51. The molecule has 0 unspecified atom stereocenters. The van der Waals surface area contributed by atoms with Crippen LogP contribution in [-0.2, 0) is 4.79 Å². The zero-order chi connectivity index (χ0) is 20.6. The van der Waals surface area contributed by atoms with E-state index in [-0.39, 0.29) is 12.5 Å². The molecule has 0 atom stereocenters. The van der Waals surface area contributed by atoms with Gasteiger partial charge < -0.3 is 19.4 Å². The fourth-order valence-electron chi connectivity index (χ4n) is 3.20. The number of nitrogens with zero attached hydrogens (tertiary/aromatic N) is 1. The Kier molecular flexibility index (Phi) is 6.89. The standard InChI is InChI=1S/C23H26N2O4/c1-3-25(18-8-5-4-6-9-18)13-7-12-24-22(26)16-28-19-10-11-20-17(2)14-23(27)29-21(20)15-19/h4-6,8-11,14-15H,3,7,12-13,16H2,1-2H3,(H,24,26). The smallest absolute Gasteiger partial charge is 0.336 e. The van der Waals surface area contributed by atoms with Crippen molar-refractivity contribution in [3.63, 3.8) is 0 Å². The largest absolute Gasteiger partial charge is 0.484 e. The maximum Gasteiger partial charge on any atom is 0.336 e. The number of rotatable bonds is 9. The minimum Gasteiger partial charge on any atom is -0.484 e. The van der Waals surface area contributed by atoms with Crippen molar-refractivity contribution in [2.24, 2.45) is 0 Å². The van der Waals surface area contributed by atoms with Crippen molar-refractivity contribution in [3.8, 4) is 5.75 Å². The van der Waals surface area contributed by atoms with E-state index in [1.165, 1.54) is 11.8 Å². The molecule has 2 aromatic carbocycles. The van der Waals surface area contributed by atoms with Crippen LogP contribution in [0.1, 0.15) is 18.9 Å². The number of hydrogen-bond acceptors (Lipinski definition) is 5. The summed E-state index contributed by atoms with van der Waals surface area (Å²) in [4.78, 5) is 25.8. The van der Waals surface area contributed by atoms with Crippen molar-refractivity contribution in [2.45, 2.75) is 20.3 Å². The van der Waals surface area contributed by atoms with Crippen LogP contribution >= 0.6 is 0 Å². The van der Waals surface area contributed by atoms with Crippen LogP contribution in [0.2, 0.25) is 0 Å². The summed E-state index contributed by atoms with van der Waals surface area (Å²) < 4.78 is 10.7. The van der Waals surface area contributed by atoms with Gasteiger partial charge in [0.1, 0.15) is 11.3 Å². The lowest BCUT2D eigenvalue weighted by atomic mass is 10.1. The fraction of sp³-hybridized carbons (Fsp3) is 0.304. The van der Waals surface area contributed by atoms with Gasteiger partial charge in [-0.05, 0) is 50.1 Å². The topological polar surface area (TPSA) is 71.8 Å². The Morgan fingerprint density at radius 3 is 2.69 bits per heavy atom. The zero-order valence-corrected chi connectivity index (χ0v) is 16.8. The molecule has 6 heteroatoms. The van der Waals surface area contributed by atoms with Gasteiger partial charge >= 0.3 is 5.63 Å². The van der Waals surface area contributed by atoms with Crippen molar-refractivity contribution in [1.29, 1.82) is 0 Å². The molecule has 1 N–H and O–H groups in total. The first kappa shape index (κ1) is 20.5. The molecule has 29 heavy (non-hydrogen) atoms. The first-order valence-corrected chi connectivity index (χ1v) is 9.81. The van der Waals surface area contributed by atoms with Gasteiger partial charge in [-0.25, -0.2) is 4.79 Å². The summed E-state index contributed by atoms with van der Waals surface area (Å²) in [6, 6.07) is 16.9. The normalized spacial score (nSPS) is 10.7. The van der Waals surface area contributed by atoms with E-state index in [4.69, 9.17) is 9.15 Å². The van der Waals surface area contributed by atoms with E-state index < -0.39 is 5.63 Å². The highest BCUT2D eigenvalue weighted by atomic mass is 16.5. The number of nitrogens with one attached hydrogen (secondary N) is 1. The van der Waals surface area contributed by atoms with Gasteiger partial charge in [0, 0.05) is 42.8 Å². The van der Waals surface area contributed by atoms with E-state index in [1.807, 2.05) is 31.2 Å². The molecule has 0 aliphatic heterocycles. The Bertz CT molecular complexity index is 1010. The lowest BCUT2D eigenvalue weighted by Crippen LogP contribution is -2.32. The molecule has 152 valence electrons. The van der Waals surface area contributed by atoms with Crippen molar-refractivity contribution in [1.82, 2.24) is 5.32 Å². The van der Waals surface area contributed by atoms with Gasteiger partial charge in [-0.1, -0.05) is 18.2 Å². The van der Waals surface area contributed by atoms with Gasteiger partial charge in [-0.15, -0.1) is 0 Å². The molecule has 6 nitrogen and oxygen atoms in total. The van der Waals surface area contributed by atoms with Crippen molar-refractivity contribution in [3.05, 3.63) is 70.6 Å². The number of para-hydroxylation sites is 1. The maximum atomic E-state index is 12.0. The fourth-order valence-corrected chi connectivity index (χ4v) is 3.20. The number of amides is 1. The molecule has 3 aromatic rings. The Balaban J connectivity index is 1.44. The van der Waals surface area contributed by atoms with Crippen LogP contribution in [0.25, 0.3) is 11.0 Å². The van der Waals surface area contributed by atoms with E-state index in [0.29, 0.717) is 17.9 Å². The highest BCUT2D eigenvalue weighted by Gasteiger charge is 2.07. The number of carbonyl (C=O) groups is 1. The number of hydrogen-bond donors (Lipinski definition) is 1. The average Bonchev–Trinajstić information content (AvgIpc) is 2.72. The van der Waals surface area contributed by atoms with E-state index >= 15 is 0 Å². The Hall–Kier alpha value is -3.28. The molecular weight excluding hydrogens is 368 g/mol. The SMILES string of the molecule is CCN(CCCNC(=O)COc1ccc2c(C)cc(=O)oc2c1)c1ccccc1. The van der Waals surface area contributed by atoms with Crippen LogP contribution in [0.15, 0.2) is 63.8 Å². The van der Waals surface area contributed by atoms with Gasteiger partial charge in [0.05, 0.1) is 0 Å². The van der Waals surface area contributed by atoms with Crippen LogP contribution < -0.4 is 20.6 Å². The number of carbonyl (C=O) groups excluding carboxylic acids is 1. The number of fused-ring (bicyclic) bond motifs is 1. The quantitative estimate of drug-likeness (QED) is 0.444. The molecule has 0 aliphatic carbocycles. The summed E-state index contributed by atoms with van der Waals surface area (Å²) in [5.74, 6) is 0.307. The molecule has 1 aromatic heterocycles. The highest BCUT2D eigenvalue weighted by Crippen LogP contribution is 2.22. The summed E-state index contributed by atoms with van der Waals surface area (Å²) in [5, 5.41) is 3.72. The van der Waals surface area contributed by atoms with Crippen LogP contribution in [0.4, 0.5) is 5.69 Å². The highest BCUT2D eigenvalue weighted by molar-refractivity contribution is 5.81. The average molecular weight is 394 g/mol. The van der Waals surface area contributed by atoms with Gasteiger partial charge in [0.2, 0.25) is 0 Å². The lowest BCUT2D eigenvalue weighted by Gasteiger charge is -2.23. The minimum absolute atomic E-state index is 0.0856. The minimum atomic E-state index is -0.401. The molecule has 0 spiro atoms. The molecule has 0 bridgehead atoms. The number of ether oxygens (including phenoxy) is 1. The number of anilines is 1. The second-order valence-corrected chi connectivity index (χ2v) is 6.81. The van der Waals surface area contributed by atoms with E-state index in [2.05, 4.69) is 29.3 Å². The van der Waals surface area contributed by atoms with Gasteiger partial charge in [-0.3, -0.25) is 4.79 Å². The van der Waals surface area contributed by atoms with Gasteiger partial charge in [-0.2, -0.15) is 0 Å². The molecule has 0 radical (unpaired) electrons. The third kappa shape index (κ3) is 5.60.